The average Bonchev–Trinajstić information content (AvgIpc) is 2.21. The van der Waals surface area contributed by atoms with E-state index in [1.54, 1.807) is 0 Å². The molecule has 0 aromatic heterocycles. The summed E-state index contributed by atoms with van der Waals surface area (Å²) in [7, 11) is 0. The summed E-state index contributed by atoms with van der Waals surface area (Å²) in [5.74, 6) is -2.36. The van der Waals surface area contributed by atoms with Crippen molar-refractivity contribution in [1.29, 1.82) is 0 Å². The summed E-state index contributed by atoms with van der Waals surface area (Å²) >= 11 is 1.19. The normalized spacial score (nSPS) is 16.1. The van der Waals surface area contributed by atoms with Crippen LogP contribution in [0.4, 0.5) is 0 Å². The van der Waals surface area contributed by atoms with Crippen molar-refractivity contribution in [3.8, 4) is 0 Å². The largest absolute Gasteiger partial charge is 0.480 e. The number of amides is 3. The minimum absolute atomic E-state index is 0.165. The highest BCUT2D eigenvalue weighted by Crippen LogP contribution is 2.11. The molecule has 2 N–H and O–H groups in total. The van der Waals surface area contributed by atoms with E-state index in [9.17, 15) is 19.2 Å². The predicted octanol–water partition coefficient (Wildman–Crippen LogP) is -1.71. The van der Waals surface area contributed by atoms with Gasteiger partial charge >= 0.3 is 5.97 Å². The van der Waals surface area contributed by atoms with Crippen LogP contribution in [0.1, 0.15) is 0 Å². The van der Waals surface area contributed by atoms with Crippen molar-refractivity contribution in [1.82, 2.24) is 10.2 Å². The van der Waals surface area contributed by atoms with E-state index in [1.807, 2.05) is 0 Å². The van der Waals surface area contributed by atoms with Gasteiger partial charge < -0.3 is 10.4 Å². The summed E-state index contributed by atoms with van der Waals surface area (Å²) in [5, 5.41) is 10.4. The molecule has 1 fully saturated rings. The van der Waals surface area contributed by atoms with Crippen LogP contribution < -0.4 is 5.32 Å². The topological polar surface area (TPSA) is 104 Å². The first-order valence-corrected chi connectivity index (χ1v) is 5.55. The minimum atomic E-state index is -1.18. The van der Waals surface area contributed by atoms with Gasteiger partial charge in [-0.25, -0.2) is 0 Å². The first-order valence-electron chi connectivity index (χ1n) is 4.40. The lowest BCUT2D eigenvalue weighted by molar-refractivity contribution is -0.145. The fraction of sp³-hybridized carbons (Fsp3) is 0.500. The molecule has 0 aromatic carbocycles. The van der Waals surface area contributed by atoms with E-state index in [0.717, 1.165) is 4.90 Å². The molecule has 0 spiro atoms. The third-order valence-electron chi connectivity index (χ3n) is 1.79. The summed E-state index contributed by atoms with van der Waals surface area (Å²) in [5.41, 5.74) is 0. The molecule has 7 nitrogen and oxygen atoms in total. The summed E-state index contributed by atoms with van der Waals surface area (Å²) < 4.78 is 0. The van der Waals surface area contributed by atoms with Gasteiger partial charge in [0.05, 0.1) is 11.5 Å². The van der Waals surface area contributed by atoms with Crippen LogP contribution in [0.2, 0.25) is 0 Å². The molecule has 88 valence electrons. The Kier molecular flexibility index (Phi) is 4.29. The number of carbonyl (C=O) groups excluding carboxylic acids is 3. The molecule has 0 bridgehead atoms. The van der Waals surface area contributed by atoms with E-state index in [2.05, 4.69) is 5.32 Å². The Labute approximate surface area is 95.2 Å². The van der Waals surface area contributed by atoms with Gasteiger partial charge in [0.25, 0.3) is 0 Å². The summed E-state index contributed by atoms with van der Waals surface area (Å²) in [6.07, 6.45) is 0. The number of nitrogens with one attached hydrogen (secondary N) is 1. The zero-order chi connectivity index (χ0) is 12.1. The van der Waals surface area contributed by atoms with Crippen molar-refractivity contribution < 1.29 is 24.3 Å². The molecular formula is C8H10N2O5S. The van der Waals surface area contributed by atoms with Crippen molar-refractivity contribution in [2.75, 3.05) is 24.6 Å². The Morgan fingerprint density at radius 2 is 1.88 bits per heavy atom. The summed E-state index contributed by atoms with van der Waals surface area (Å²) in [4.78, 5) is 44.7. The Morgan fingerprint density at radius 1 is 1.31 bits per heavy atom. The van der Waals surface area contributed by atoms with Crippen LogP contribution in [0.25, 0.3) is 0 Å². The van der Waals surface area contributed by atoms with Gasteiger partial charge in [0, 0.05) is 0 Å². The molecule has 0 aliphatic carbocycles. The highest BCUT2D eigenvalue weighted by molar-refractivity contribution is 8.00. The highest BCUT2D eigenvalue weighted by Gasteiger charge is 2.27. The zero-order valence-corrected chi connectivity index (χ0v) is 9.08. The molecule has 8 heteroatoms. The van der Waals surface area contributed by atoms with E-state index in [4.69, 9.17) is 5.11 Å². The standard InChI is InChI=1S/C8H10N2O5S/c11-5(9-1-8(14)15)2-10-6(12)3-16-4-7(10)13/h1-4H2,(H,9,11)(H,14,15). The van der Waals surface area contributed by atoms with Crippen molar-refractivity contribution in [2.24, 2.45) is 0 Å². The molecular weight excluding hydrogens is 236 g/mol. The van der Waals surface area contributed by atoms with Gasteiger partial charge in [-0.15, -0.1) is 11.8 Å². The number of hydrogen-bond acceptors (Lipinski definition) is 5. The number of carbonyl (C=O) groups is 4. The lowest BCUT2D eigenvalue weighted by Gasteiger charge is -2.23. The Balaban J connectivity index is 2.45. The number of aliphatic carboxylic acids is 1. The van der Waals surface area contributed by atoms with Gasteiger partial charge in [-0.3, -0.25) is 24.1 Å². The molecule has 1 aliphatic rings. The van der Waals surface area contributed by atoms with E-state index in [-0.39, 0.29) is 11.5 Å². The Morgan fingerprint density at radius 3 is 2.38 bits per heavy atom. The second-order valence-corrected chi connectivity index (χ2v) is 4.02. The number of carboxylic acid groups (broad SMARTS) is 1. The smallest absolute Gasteiger partial charge is 0.322 e. The number of thioether (sulfide) groups is 1. The molecule has 0 saturated carbocycles. The van der Waals surface area contributed by atoms with Gasteiger partial charge in [0.1, 0.15) is 13.1 Å². The Hall–Kier alpha value is -1.57. The first-order chi connectivity index (χ1) is 7.50. The molecule has 0 atom stereocenters. The maximum atomic E-state index is 11.3. The second-order valence-electron chi connectivity index (χ2n) is 3.04. The van der Waals surface area contributed by atoms with E-state index < -0.39 is 36.8 Å². The van der Waals surface area contributed by atoms with Gasteiger partial charge in [-0.2, -0.15) is 0 Å². The van der Waals surface area contributed by atoms with Crippen molar-refractivity contribution in [3.05, 3.63) is 0 Å². The van der Waals surface area contributed by atoms with Crippen LogP contribution in [0.15, 0.2) is 0 Å². The predicted molar refractivity (Wildman–Crippen MR) is 54.7 cm³/mol. The van der Waals surface area contributed by atoms with E-state index >= 15 is 0 Å². The molecule has 0 aromatic rings. The lowest BCUT2D eigenvalue weighted by atomic mass is 10.4. The van der Waals surface area contributed by atoms with Crippen LogP contribution in [-0.4, -0.2) is 58.3 Å². The summed E-state index contributed by atoms with van der Waals surface area (Å²) in [6, 6.07) is 0. The van der Waals surface area contributed by atoms with Gasteiger partial charge in [-0.1, -0.05) is 0 Å². The fourth-order valence-corrected chi connectivity index (χ4v) is 1.83. The minimum Gasteiger partial charge on any atom is -0.480 e. The van der Waals surface area contributed by atoms with Crippen LogP contribution in [0.3, 0.4) is 0 Å². The molecule has 1 aliphatic heterocycles. The van der Waals surface area contributed by atoms with Crippen LogP contribution in [0, 0.1) is 0 Å². The van der Waals surface area contributed by atoms with Gasteiger partial charge in [-0.05, 0) is 0 Å². The third-order valence-corrected chi connectivity index (χ3v) is 2.69. The molecule has 16 heavy (non-hydrogen) atoms. The van der Waals surface area contributed by atoms with Crippen LogP contribution in [0.5, 0.6) is 0 Å². The molecule has 0 unspecified atom stereocenters. The molecule has 0 radical (unpaired) electrons. The second kappa shape index (κ2) is 5.50. The molecule has 1 rings (SSSR count). The van der Waals surface area contributed by atoms with Gasteiger partial charge in [0.2, 0.25) is 17.7 Å². The molecule has 1 saturated heterocycles. The van der Waals surface area contributed by atoms with Crippen molar-refractivity contribution in [3.63, 3.8) is 0 Å². The number of rotatable bonds is 4. The fourth-order valence-electron chi connectivity index (χ4n) is 1.07. The van der Waals surface area contributed by atoms with E-state index in [0.29, 0.717) is 0 Å². The maximum absolute atomic E-state index is 11.3. The number of nitrogens with zero attached hydrogens (tertiary/aromatic N) is 1. The highest BCUT2D eigenvalue weighted by atomic mass is 32.2. The van der Waals surface area contributed by atoms with Gasteiger partial charge in [0.15, 0.2) is 0 Å². The number of imide groups is 1. The average molecular weight is 246 g/mol. The molecule has 1 heterocycles. The summed E-state index contributed by atoms with van der Waals surface area (Å²) in [6.45, 7) is -0.935. The Bertz CT molecular complexity index is 327. The molecule has 3 amide bonds. The number of hydrogen-bond donors (Lipinski definition) is 2. The maximum Gasteiger partial charge on any atom is 0.322 e. The zero-order valence-electron chi connectivity index (χ0n) is 8.26. The monoisotopic (exact) mass is 246 g/mol. The van der Waals surface area contributed by atoms with E-state index in [1.165, 1.54) is 11.8 Å². The quantitative estimate of drug-likeness (QED) is 0.572. The lowest BCUT2D eigenvalue weighted by Crippen LogP contribution is -2.48. The van der Waals surface area contributed by atoms with Crippen molar-refractivity contribution in [2.45, 2.75) is 0 Å². The van der Waals surface area contributed by atoms with Crippen molar-refractivity contribution >= 4 is 35.5 Å². The van der Waals surface area contributed by atoms with Crippen LogP contribution >= 0.6 is 11.8 Å². The SMILES string of the molecule is O=C(O)CNC(=O)CN1C(=O)CSCC1=O. The first kappa shape index (κ1) is 12.5. The van der Waals surface area contributed by atoms with Crippen LogP contribution in [-0.2, 0) is 19.2 Å². The number of carboxylic acids is 1. The third kappa shape index (κ3) is 3.54.